The van der Waals surface area contributed by atoms with Gasteiger partial charge in [-0.1, -0.05) is 36.2 Å². The molecule has 0 amide bonds. The average molecular weight is 245 g/mol. The molecule has 1 N–H and O–H groups in total. The van der Waals surface area contributed by atoms with Crippen LogP contribution in [-0.2, 0) is 0 Å². The Morgan fingerprint density at radius 1 is 1.22 bits per heavy atom. The van der Waals surface area contributed by atoms with E-state index < -0.39 is 0 Å². The largest absolute Gasteiger partial charge is 0.387 e. The van der Waals surface area contributed by atoms with Crippen molar-refractivity contribution in [2.24, 2.45) is 5.92 Å². The monoisotopic (exact) mass is 245 g/mol. The fraction of sp³-hybridized carbons (Fsp3) is 0.625. The van der Waals surface area contributed by atoms with Gasteiger partial charge in [-0.2, -0.15) is 0 Å². The molecule has 0 aromatic heterocycles. The minimum atomic E-state index is -0.332. The maximum absolute atomic E-state index is 10.6. The molecule has 0 unspecified atom stereocenters. The highest BCUT2D eigenvalue weighted by atomic mass is 16.3. The summed E-state index contributed by atoms with van der Waals surface area (Å²) in [7, 11) is 2.19. The van der Waals surface area contributed by atoms with E-state index in [2.05, 4.69) is 43.1 Å². The predicted molar refractivity (Wildman–Crippen MR) is 73.4 cm³/mol. The number of rotatable bonds is 2. The first-order valence-corrected chi connectivity index (χ1v) is 7.13. The summed E-state index contributed by atoms with van der Waals surface area (Å²) in [6.07, 6.45) is 4.87. The summed E-state index contributed by atoms with van der Waals surface area (Å²) in [6.45, 7) is 2.09. The minimum Gasteiger partial charge on any atom is -0.387 e. The van der Waals surface area contributed by atoms with Crippen molar-refractivity contribution in [1.29, 1.82) is 0 Å². The van der Waals surface area contributed by atoms with Crippen LogP contribution in [0.1, 0.15) is 42.9 Å². The lowest BCUT2D eigenvalue weighted by Crippen LogP contribution is -2.36. The molecule has 2 aliphatic rings. The number of likely N-dealkylation sites (tertiary alicyclic amines) is 1. The summed E-state index contributed by atoms with van der Waals surface area (Å²) in [5.41, 5.74) is 2.32. The van der Waals surface area contributed by atoms with E-state index in [1.54, 1.807) is 0 Å². The molecule has 1 aromatic rings. The first-order valence-electron chi connectivity index (χ1n) is 7.13. The second kappa shape index (κ2) is 4.67. The quantitative estimate of drug-likeness (QED) is 0.866. The molecule has 0 bridgehead atoms. The Labute approximate surface area is 110 Å². The van der Waals surface area contributed by atoms with Crippen LogP contribution in [0.5, 0.6) is 0 Å². The van der Waals surface area contributed by atoms with Crippen molar-refractivity contribution in [2.45, 2.75) is 50.8 Å². The number of fused-ring (bicyclic) bond motifs is 1. The van der Waals surface area contributed by atoms with E-state index in [9.17, 15) is 5.11 Å². The van der Waals surface area contributed by atoms with E-state index >= 15 is 0 Å². The van der Waals surface area contributed by atoms with Crippen LogP contribution in [0.25, 0.3) is 0 Å². The maximum atomic E-state index is 10.6. The summed E-state index contributed by atoms with van der Waals surface area (Å²) < 4.78 is 0. The second-order valence-electron chi connectivity index (χ2n) is 6.08. The van der Waals surface area contributed by atoms with Crippen molar-refractivity contribution in [3.05, 3.63) is 35.4 Å². The van der Waals surface area contributed by atoms with Crippen LogP contribution in [0.2, 0.25) is 0 Å². The SMILES string of the molecule is Cc1ccc([C@@H](O)[C@@H]2C[C@H]3CCC[C@H]3N2C)cc1. The lowest BCUT2D eigenvalue weighted by molar-refractivity contribution is 0.0709. The van der Waals surface area contributed by atoms with Gasteiger partial charge in [-0.3, -0.25) is 4.90 Å². The summed E-state index contributed by atoms with van der Waals surface area (Å²) in [6, 6.07) is 9.35. The van der Waals surface area contributed by atoms with Gasteiger partial charge in [0.05, 0.1) is 6.10 Å². The average Bonchev–Trinajstić information content (AvgIpc) is 2.93. The summed E-state index contributed by atoms with van der Waals surface area (Å²) in [5, 5.41) is 10.6. The molecule has 1 saturated heterocycles. The molecular weight excluding hydrogens is 222 g/mol. The van der Waals surface area contributed by atoms with Crippen molar-refractivity contribution in [3.8, 4) is 0 Å². The first kappa shape index (κ1) is 12.2. The van der Waals surface area contributed by atoms with Crippen LogP contribution in [0.4, 0.5) is 0 Å². The van der Waals surface area contributed by atoms with Gasteiger partial charge in [0.25, 0.3) is 0 Å². The van der Waals surface area contributed by atoms with E-state index in [0.717, 1.165) is 23.9 Å². The molecule has 4 atom stereocenters. The number of aliphatic hydroxyl groups is 1. The first-order chi connectivity index (χ1) is 8.66. The zero-order valence-electron chi connectivity index (χ0n) is 11.3. The highest BCUT2D eigenvalue weighted by Crippen LogP contribution is 2.43. The Bertz CT molecular complexity index is 414. The van der Waals surface area contributed by atoms with Crippen molar-refractivity contribution >= 4 is 0 Å². The third kappa shape index (κ3) is 1.98. The number of hydrogen-bond acceptors (Lipinski definition) is 2. The molecule has 3 rings (SSSR count). The number of nitrogens with zero attached hydrogens (tertiary/aromatic N) is 1. The standard InChI is InChI=1S/C16H23NO/c1-11-6-8-12(9-7-11)16(18)15-10-13-4-3-5-14(13)17(15)2/h6-9,13-16,18H,3-5,10H2,1-2H3/t13-,14-,15+,16-/m1/s1. The third-order valence-corrected chi connectivity index (χ3v) is 4.99. The zero-order valence-corrected chi connectivity index (χ0v) is 11.3. The van der Waals surface area contributed by atoms with Gasteiger partial charge in [0.1, 0.15) is 0 Å². The molecule has 18 heavy (non-hydrogen) atoms. The van der Waals surface area contributed by atoms with E-state index in [4.69, 9.17) is 0 Å². The van der Waals surface area contributed by atoms with Gasteiger partial charge in [0.2, 0.25) is 0 Å². The van der Waals surface area contributed by atoms with Gasteiger partial charge in [0.15, 0.2) is 0 Å². The minimum absolute atomic E-state index is 0.308. The maximum Gasteiger partial charge on any atom is 0.0945 e. The normalized spacial score (nSPS) is 33.6. The van der Waals surface area contributed by atoms with Gasteiger partial charge < -0.3 is 5.11 Å². The number of aryl methyl sites for hydroxylation is 1. The van der Waals surface area contributed by atoms with Gasteiger partial charge in [0, 0.05) is 12.1 Å². The van der Waals surface area contributed by atoms with Crippen LogP contribution < -0.4 is 0 Å². The Kier molecular flexibility index (Phi) is 3.16. The van der Waals surface area contributed by atoms with E-state index in [-0.39, 0.29) is 6.10 Å². The molecule has 2 heteroatoms. The lowest BCUT2D eigenvalue weighted by Gasteiger charge is -2.29. The van der Waals surface area contributed by atoms with Crippen molar-refractivity contribution in [3.63, 3.8) is 0 Å². The Balaban J connectivity index is 1.77. The molecule has 0 radical (unpaired) electrons. The summed E-state index contributed by atoms with van der Waals surface area (Å²) in [5.74, 6) is 0.820. The highest BCUT2D eigenvalue weighted by Gasteiger charge is 2.44. The van der Waals surface area contributed by atoms with Gasteiger partial charge in [-0.05, 0) is 44.7 Å². The molecule has 0 spiro atoms. The molecule has 2 nitrogen and oxygen atoms in total. The Morgan fingerprint density at radius 3 is 2.61 bits per heavy atom. The fourth-order valence-corrected chi connectivity index (χ4v) is 3.89. The zero-order chi connectivity index (χ0) is 12.7. The van der Waals surface area contributed by atoms with Gasteiger partial charge in [-0.15, -0.1) is 0 Å². The molecule has 1 heterocycles. The van der Waals surface area contributed by atoms with Crippen LogP contribution in [-0.4, -0.2) is 29.1 Å². The van der Waals surface area contributed by atoms with E-state index in [0.29, 0.717) is 6.04 Å². The van der Waals surface area contributed by atoms with Crippen LogP contribution in [0.15, 0.2) is 24.3 Å². The van der Waals surface area contributed by atoms with Crippen molar-refractivity contribution in [1.82, 2.24) is 4.90 Å². The summed E-state index contributed by atoms with van der Waals surface area (Å²) in [4.78, 5) is 2.43. The highest BCUT2D eigenvalue weighted by molar-refractivity contribution is 5.24. The topological polar surface area (TPSA) is 23.5 Å². The molecule has 1 saturated carbocycles. The molecule has 1 aliphatic heterocycles. The molecule has 98 valence electrons. The van der Waals surface area contributed by atoms with Crippen molar-refractivity contribution < 1.29 is 5.11 Å². The van der Waals surface area contributed by atoms with Gasteiger partial charge in [-0.25, -0.2) is 0 Å². The number of aliphatic hydroxyl groups excluding tert-OH is 1. The van der Waals surface area contributed by atoms with Gasteiger partial charge >= 0.3 is 0 Å². The molecule has 1 aromatic carbocycles. The summed E-state index contributed by atoms with van der Waals surface area (Å²) >= 11 is 0. The van der Waals surface area contributed by atoms with E-state index in [1.165, 1.54) is 24.8 Å². The van der Waals surface area contributed by atoms with Crippen LogP contribution in [0.3, 0.4) is 0 Å². The fourth-order valence-electron chi connectivity index (χ4n) is 3.89. The Hall–Kier alpha value is -0.860. The van der Waals surface area contributed by atoms with Crippen LogP contribution in [0, 0.1) is 12.8 Å². The predicted octanol–water partition coefficient (Wildman–Crippen LogP) is 2.90. The molecule has 2 fully saturated rings. The van der Waals surface area contributed by atoms with Crippen molar-refractivity contribution in [2.75, 3.05) is 7.05 Å². The lowest BCUT2D eigenvalue weighted by atomic mass is 9.95. The third-order valence-electron chi connectivity index (χ3n) is 4.99. The smallest absolute Gasteiger partial charge is 0.0945 e. The van der Waals surface area contributed by atoms with E-state index in [1.807, 2.05) is 0 Å². The number of benzene rings is 1. The number of hydrogen-bond donors (Lipinski definition) is 1. The molecule has 1 aliphatic carbocycles. The second-order valence-corrected chi connectivity index (χ2v) is 6.08. The molecular formula is C16H23NO. The Morgan fingerprint density at radius 2 is 1.94 bits per heavy atom. The van der Waals surface area contributed by atoms with Crippen LogP contribution >= 0.6 is 0 Å². The number of likely N-dealkylation sites (N-methyl/N-ethyl adjacent to an activating group) is 1.